The molecule has 5 rings (SSSR count). The molecule has 3 aromatic rings. The van der Waals surface area contributed by atoms with Crippen molar-refractivity contribution in [2.75, 3.05) is 5.32 Å². The third-order valence-corrected chi connectivity index (χ3v) is 7.98. The molecular weight excluding hydrogens is 424 g/mol. The second-order valence-electron chi connectivity index (χ2n) is 8.06. The number of nitrogens with one attached hydrogen (secondary N) is 3. The van der Waals surface area contributed by atoms with Crippen LogP contribution in [0.15, 0.2) is 30.6 Å². The van der Waals surface area contributed by atoms with Gasteiger partial charge < -0.3 is 10.3 Å². The molecule has 0 unspecified atom stereocenters. The third kappa shape index (κ3) is 4.14. The zero-order chi connectivity index (χ0) is 20.7. The number of hydrogen-bond acceptors (Lipinski definition) is 6. The molecule has 2 fully saturated rings. The molecule has 0 atom stereocenters. The van der Waals surface area contributed by atoms with E-state index in [9.17, 15) is 8.42 Å². The number of H-pyrrole nitrogens is 1. The van der Waals surface area contributed by atoms with Crippen molar-refractivity contribution in [2.45, 2.75) is 55.9 Å². The van der Waals surface area contributed by atoms with Gasteiger partial charge in [0.1, 0.15) is 10.8 Å². The standard InChI is InChI=1S/C20H23ClN6O2S/c21-18-10-17(16-11-23-19-15(16)2-1-9-22-19)25-20(26-18)24-12-3-5-13(6-4-12)27-30(28,29)14-7-8-14/h1-2,9-14,27H,3-8H2,(H,22,23)(H,24,25,26). The highest BCUT2D eigenvalue weighted by Gasteiger charge is 2.37. The fraction of sp³-hybridized carbons (Fsp3) is 0.450. The zero-order valence-corrected chi connectivity index (χ0v) is 17.9. The number of sulfonamides is 1. The number of fused-ring (bicyclic) bond motifs is 1. The molecule has 0 radical (unpaired) electrons. The maximum atomic E-state index is 12.1. The van der Waals surface area contributed by atoms with Crippen LogP contribution in [0.2, 0.25) is 5.15 Å². The molecule has 0 saturated heterocycles. The van der Waals surface area contributed by atoms with Crippen LogP contribution in [0.25, 0.3) is 22.3 Å². The van der Waals surface area contributed by atoms with Gasteiger partial charge in [-0.3, -0.25) is 0 Å². The first-order chi connectivity index (χ1) is 14.5. The summed E-state index contributed by atoms with van der Waals surface area (Å²) < 4.78 is 27.2. The van der Waals surface area contributed by atoms with Crippen LogP contribution < -0.4 is 10.0 Å². The van der Waals surface area contributed by atoms with E-state index in [1.165, 1.54) is 0 Å². The van der Waals surface area contributed by atoms with Crippen molar-refractivity contribution >= 4 is 38.6 Å². The summed E-state index contributed by atoms with van der Waals surface area (Å²) in [5, 5.41) is 4.55. The molecule has 3 aromatic heterocycles. The number of aromatic amines is 1. The van der Waals surface area contributed by atoms with Crippen LogP contribution in [0.5, 0.6) is 0 Å². The van der Waals surface area contributed by atoms with Crippen LogP contribution in [-0.2, 0) is 10.0 Å². The van der Waals surface area contributed by atoms with Gasteiger partial charge in [0.15, 0.2) is 0 Å². The number of aromatic nitrogens is 4. The molecular formula is C20H23ClN6O2S. The van der Waals surface area contributed by atoms with Crippen molar-refractivity contribution in [3.8, 4) is 11.3 Å². The van der Waals surface area contributed by atoms with Crippen LogP contribution in [0.3, 0.4) is 0 Å². The van der Waals surface area contributed by atoms with Gasteiger partial charge in [0, 0.05) is 41.5 Å². The Labute approximate surface area is 179 Å². The molecule has 8 nitrogen and oxygen atoms in total. The van der Waals surface area contributed by atoms with Gasteiger partial charge in [0.05, 0.1) is 10.9 Å². The van der Waals surface area contributed by atoms with Crippen molar-refractivity contribution in [2.24, 2.45) is 0 Å². The predicted octanol–water partition coefficient (Wildman–Crippen LogP) is 3.48. The number of anilines is 1. The van der Waals surface area contributed by atoms with Crippen LogP contribution in [0, 0.1) is 0 Å². The van der Waals surface area contributed by atoms with Crippen LogP contribution in [0.1, 0.15) is 38.5 Å². The van der Waals surface area contributed by atoms with E-state index in [0.29, 0.717) is 11.1 Å². The molecule has 0 bridgehead atoms. The summed E-state index contributed by atoms with van der Waals surface area (Å²) >= 11 is 6.27. The molecule has 2 aliphatic carbocycles. The molecule has 10 heteroatoms. The van der Waals surface area contributed by atoms with Crippen molar-refractivity contribution in [1.29, 1.82) is 0 Å². The highest BCUT2D eigenvalue weighted by atomic mass is 35.5. The average molecular weight is 447 g/mol. The minimum Gasteiger partial charge on any atom is -0.351 e. The zero-order valence-electron chi connectivity index (χ0n) is 16.3. The van der Waals surface area contributed by atoms with Gasteiger partial charge in [-0.1, -0.05) is 11.6 Å². The summed E-state index contributed by atoms with van der Waals surface area (Å²) in [6.45, 7) is 0. The monoisotopic (exact) mass is 446 g/mol. The SMILES string of the molecule is O=S(=O)(NC1CCC(Nc2nc(Cl)cc(-c3c[nH]c4ncccc34)n2)CC1)C1CC1. The number of nitrogens with zero attached hydrogens (tertiary/aromatic N) is 3. The molecule has 0 spiro atoms. The smallest absolute Gasteiger partial charge is 0.224 e. The lowest BCUT2D eigenvalue weighted by Gasteiger charge is -2.29. The minimum absolute atomic E-state index is 0.0169. The lowest BCUT2D eigenvalue weighted by Crippen LogP contribution is -2.41. The van der Waals surface area contributed by atoms with Gasteiger partial charge in [-0.15, -0.1) is 0 Å². The summed E-state index contributed by atoms with van der Waals surface area (Å²) in [7, 11) is -3.14. The Bertz CT molecular complexity index is 1170. The quantitative estimate of drug-likeness (QED) is 0.499. The maximum Gasteiger partial charge on any atom is 0.224 e. The average Bonchev–Trinajstić information content (AvgIpc) is 3.49. The number of hydrogen-bond donors (Lipinski definition) is 3. The summed E-state index contributed by atoms with van der Waals surface area (Å²) in [5.41, 5.74) is 2.44. The Balaban J connectivity index is 1.27. The number of pyridine rings is 1. The summed E-state index contributed by atoms with van der Waals surface area (Å²) in [4.78, 5) is 16.5. The Kier molecular flexibility index (Phi) is 5.12. The van der Waals surface area contributed by atoms with E-state index in [0.717, 1.165) is 60.8 Å². The predicted molar refractivity (Wildman–Crippen MR) is 117 cm³/mol. The van der Waals surface area contributed by atoms with Gasteiger partial charge in [0.2, 0.25) is 16.0 Å². The largest absolute Gasteiger partial charge is 0.351 e. The lowest BCUT2D eigenvalue weighted by atomic mass is 9.92. The second-order valence-corrected chi connectivity index (χ2v) is 10.4. The maximum absolute atomic E-state index is 12.1. The minimum atomic E-state index is -3.14. The Morgan fingerprint density at radius 2 is 1.83 bits per heavy atom. The molecule has 0 aliphatic heterocycles. The normalized spacial score (nSPS) is 22.3. The molecule has 2 aliphatic rings. The Morgan fingerprint density at radius 1 is 1.07 bits per heavy atom. The van der Waals surface area contributed by atoms with Crippen molar-refractivity contribution in [3.63, 3.8) is 0 Å². The molecule has 0 amide bonds. The highest BCUT2D eigenvalue weighted by molar-refractivity contribution is 7.90. The van der Waals surface area contributed by atoms with Crippen molar-refractivity contribution in [1.82, 2.24) is 24.7 Å². The van der Waals surface area contributed by atoms with Crippen LogP contribution in [0.4, 0.5) is 5.95 Å². The number of rotatable bonds is 6. The first kappa shape index (κ1) is 19.7. The van der Waals surface area contributed by atoms with Gasteiger partial charge >= 0.3 is 0 Å². The van der Waals surface area contributed by atoms with Gasteiger partial charge in [0.25, 0.3) is 0 Å². The summed E-state index contributed by atoms with van der Waals surface area (Å²) in [5.74, 6) is 0.484. The fourth-order valence-corrected chi connectivity index (χ4v) is 5.87. The molecule has 158 valence electrons. The lowest BCUT2D eigenvalue weighted by molar-refractivity contribution is 0.386. The van der Waals surface area contributed by atoms with E-state index >= 15 is 0 Å². The molecule has 30 heavy (non-hydrogen) atoms. The van der Waals surface area contributed by atoms with E-state index in [-0.39, 0.29) is 17.3 Å². The second kappa shape index (κ2) is 7.79. The molecule has 2 saturated carbocycles. The van der Waals surface area contributed by atoms with Crippen molar-refractivity contribution < 1.29 is 8.42 Å². The van der Waals surface area contributed by atoms with E-state index in [1.807, 2.05) is 18.3 Å². The summed E-state index contributed by atoms with van der Waals surface area (Å²) in [6, 6.07) is 5.82. The van der Waals surface area contributed by atoms with E-state index in [2.05, 4.69) is 30.0 Å². The molecule has 0 aromatic carbocycles. The fourth-order valence-electron chi connectivity index (χ4n) is 4.03. The Hall–Kier alpha value is -2.23. The van der Waals surface area contributed by atoms with Crippen LogP contribution >= 0.6 is 11.6 Å². The first-order valence-electron chi connectivity index (χ1n) is 10.2. The number of halogens is 1. The van der Waals surface area contributed by atoms with Gasteiger partial charge in [-0.25, -0.2) is 28.1 Å². The highest BCUT2D eigenvalue weighted by Crippen LogP contribution is 2.31. The van der Waals surface area contributed by atoms with Crippen molar-refractivity contribution in [3.05, 3.63) is 35.7 Å². The van der Waals surface area contributed by atoms with E-state index in [1.54, 1.807) is 12.3 Å². The van der Waals surface area contributed by atoms with Gasteiger partial charge in [-0.05, 0) is 50.7 Å². The first-order valence-corrected chi connectivity index (χ1v) is 12.1. The molecule has 3 heterocycles. The third-order valence-electron chi connectivity index (χ3n) is 5.78. The van der Waals surface area contributed by atoms with E-state index < -0.39 is 10.0 Å². The van der Waals surface area contributed by atoms with Gasteiger partial charge in [-0.2, -0.15) is 0 Å². The topological polar surface area (TPSA) is 113 Å². The Morgan fingerprint density at radius 3 is 2.60 bits per heavy atom. The summed E-state index contributed by atoms with van der Waals surface area (Å²) in [6.07, 6.45) is 8.47. The van der Waals surface area contributed by atoms with E-state index in [4.69, 9.17) is 11.6 Å². The molecule has 3 N–H and O–H groups in total. The van der Waals surface area contributed by atoms with Crippen LogP contribution in [-0.4, -0.2) is 45.7 Å².